The van der Waals surface area contributed by atoms with Crippen molar-refractivity contribution in [3.63, 3.8) is 0 Å². The molecular weight excluding hydrogens is 206 g/mol. The Bertz CT molecular complexity index is 259. The van der Waals surface area contributed by atoms with E-state index in [1.165, 1.54) is 0 Å². The number of likely N-dealkylation sites (tertiary alicyclic amines) is 1. The van der Waals surface area contributed by atoms with Crippen LogP contribution in [0.3, 0.4) is 0 Å². The minimum Gasteiger partial charge on any atom is -0.481 e. The van der Waals surface area contributed by atoms with Crippen molar-refractivity contribution in [1.82, 2.24) is 4.90 Å². The number of ether oxygens (including phenoxy) is 1. The highest BCUT2D eigenvalue weighted by Gasteiger charge is 2.49. The van der Waals surface area contributed by atoms with Crippen LogP contribution in [0, 0.1) is 5.92 Å². The molecule has 2 rings (SSSR count). The molecule has 2 aliphatic heterocycles. The molecular formula is C12H21NO3. The third-order valence-electron chi connectivity index (χ3n) is 3.97. The number of carboxylic acid groups (broad SMARTS) is 1. The van der Waals surface area contributed by atoms with Crippen LogP contribution in [0.2, 0.25) is 0 Å². The van der Waals surface area contributed by atoms with E-state index in [-0.39, 0.29) is 11.5 Å². The van der Waals surface area contributed by atoms with Gasteiger partial charge in [-0.3, -0.25) is 4.79 Å². The van der Waals surface area contributed by atoms with Crippen LogP contribution in [-0.2, 0) is 9.53 Å². The van der Waals surface area contributed by atoms with Gasteiger partial charge in [0.25, 0.3) is 0 Å². The Morgan fingerprint density at radius 2 is 2.19 bits per heavy atom. The maximum absolute atomic E-state index is 11.2. The number of rotatable bonds is 3. The molecule has 0 amide bonds. The zero-order chi connectivity index (χ0) is 11.6. The van der Waals surface area contributed by atoms with Gasteiger partial charge in [0.2, 0.25) is 0 Å². The van der Waals surface area contributed by atoms with E-state index in [4.69, 9.17) is 4.74 Å². The molecule has 1 spiro atoms. The summed E-state index contributed by atoms with van der Waals surface area (Å²) in [6.07, 6.45) is 3.60. The van der Waals surface area contributed by atoms with Crippen molar-refractivity contribution in [2.45, 2.75) is 38.2 Å². The lowest BCUT2D eigenvalue weighted by Gasteiger charge is -2.40. The number of hydrogen-bond donors (Lipinski definition) is 1. The lowest BCUT2D eigenvalue weighted by Crippen LogP contribution is -2.49. The van der Waals surface area contributed by atoms with Gasteiger partial charge in [-0.15, -0.1) is 0 Å². The van der Waals surface area contributed by atoms with Gasteiger partial charge in [0, 0.05) is 19.7 Å². The topological polar surface area (TPSA) is 49.8 Å². The van der Waals surface area contributed by atoms with Crippen molar-refractivity contribution in [3.8, 4) is 0 Å². The Morgan fingerprint density at radius 1 is 1.50 bits per heavy atom. The minimum absolute atomic E-state index is 0.281. The first-order chi connectivity index (χ1) is 7.68. The van der Waals surface area contributed by atoms with Crippen molar-refractivity contribution in [1.29, 1.82) is 0 Å². The first kappa shape index (κ1) is 11.9. The summed E-state index contributed by atoms with van der Waals surface area (Å²) in [7, 11) is 0. The van der Waals surface area contributed by atoms with Crippen LogP contribution in [-0.4, -0.2) is 47.8 Å². The van der Waals surface area contributed by atoms with E-state index in [0.717, 1.165) is 38.9 Å². The first-order valence-electron chi connectivity index (χ1n) is 6.27. The summed E-state index contributed by atoms with van der Waals surface area (Å²) >= 11 is 0. The molecule has 1 N–H and O–H groups in total. The Morgan fingerprint density at radius 3 is 2.75 bits per heavy atom. The lowest BCUT2D eigenvalue weighted by atomic mass is 9.79. The normalized spacial score (nSPS) is 29.7. The van der Waals surface area contributed by atoms with Gasteiger partial charge in [0.1, 0.15) is 0 Å². The molecule has 0 aromatic carbocycles. The second-order valence-electron chi connectivity index (χ2n) is 4.93. The number of carboxylic acids is 1. The van der Waals surface area contributed by atoms with Crippen LogP contribution >= 0.6 is 0 Å². The molecule has 1 atom stereocenters. The first-order valence-corrected chi connectivity index (χ1v) is 6.27. The fourth-order valence-electron chi connectivity index (χ4n) is 3.06. The maximum Gasteiger partial charge on any atom is 0.309 e. The molecule has 0 radical (unpaired) electrons. The van der Waals surface area contributed by atoms with Gasteiger partial charge in [-0.2, -0.15) is 0 Å². The second kappa shape index (κ2) is 4.72. The van der Waals surface area contributed by atoms with Crippen LogP contribution in [0.25, 0.3) is 0 Å². The number of piperidine rings is 1. The molecule has 2 aliphatic rings. The van der Waals surface area contributed by atoms with E-state index < -0.39 is 5.97 Å². The maximum atomic E-state index is 11.2. The van der Waals surface area contributed by atoms with Gasteiger partial charge >= 0.3 is 5.97 Å². The van der Waals surface area contributed by atoms with Crippen LogP contribution in [0.15, 0.2) is 0 Å². The predicted octanol–water partition coefficient (Wildman–Crippen LogP) is 1.35. The van der Waals surface area contributed by atoms with Gasteiger partial charge in [0.15, 0.2) is 0 Å². The van der Waals surface area contributed by atoms with Crippen molar-refractivity contribution in [3.05, 3.63) is 0 Å². The zero-order valence-corrected chi connectivity index (χ0v) is 9.95. The molecule has 0 aromatic rings. The van der Waals surface area contributed by atoms with Gasteiger partial charge < -0.3 is 14.7 Å². The molecule has 2 fully saturated rings. The highest BCUT2D eigenvalue weighted by Crippen LogP contribution is 2.40. The highest BCUT2D eigenvalue weighted by molar-refractivity contribution is 5.72. The number of aliphatic carboxylic acids is 1. The molecule has 1 unspecified atom stereocenters. The highest BCUT2D eigenvalue weighted by atomic mass is 16.5. The number of carbonyl (C=O) groups is 1. The summed E-state index contributed by atoms with van der Waals surface area (Å²) < 4.78 is 5.77. The van der Waals surface area contributed by atoms with Gasteiger partial charge in [-0.25, -0.2) is 0 Å². The minimum atomic E-state index is -0.679. The summed E-state index contributed by atoms with van der Waals surface area (Å²) in [5, 5.41) is 9.21. The van der Waals surface area contributed by atoms with Crippen LogP contribution < -0.4 is 0 Å². The van der Waals surface area contributed by atoms with Gasteiger partial charge in [-0.05, 0) is 32.2 Å². The summed E-state index contributed by atoms with van der Waals surface area (Å²) in [4.78, 5) is 13.6. The molecule has 4 nitrogen and oxygen atoms in total. The average molecular weight is 227 g/mol. The third-order valence-corrected chi connectivity index (χ3v) is 3.97. The SMILES string of the molecule is CCCN1CCC2(CC1)OCCC2C(=O)O. The molecule has 0 saturated carbocycles. The van der Waals surface area contributed by atoms with Crippen molar-refractivity contribution >= 4 is 5.97 Å². The van der Waals surface area contributed by atoms with E-state index in [0.29, 0.717) is 13.0 Å². The standard InChI is InChI=1S/C12H21NO3/c1-2-6-13-7-4-12(5-8-13)10(11(14)15)3-9-16-12/h10H,2-9H2,1H3,(H,14,15). The van der Waals surface area contributed by atoms with Gasteiger partial charge in [-0.1, -0.05) is 6.92 Å². The molecule has 92 valence electrons. The van der Waals surface area contributed by atoms with Crippen LogP contribution in [0.1, 0.15) is 32.6 Å². The molecule has 2 heterocycles. The molecule has 2 saturated heterocycles. The second-order valence-corrected chi connectivity index (χ2v) is 4.93. The fraction of sp³-hybridized carbons (Fsp3) is 0.917. The molecule has 16 heavy (non-hydrogen) atoms. The van der Waals surface area contributed by atoms with Gasteiger partial charge in [0.05, 0.1) is 11.5 Å². The number of hydrogen-bond acceptors (Lipinski definition) is 3. The summed E-state index contributed by atoms with van der Waals surface area (Å²) in [6, 6.07) is 0. The van der Waals surface area contributed by atoms with Crippen molar-refractivity contribution in [2.75, 3.05) is 26.2 Å². The summed E-state index contributed by atoms with van der Waals surface area (Å²) in [5.74, 6) is -0.960. The van der Waals surface area contributed by atoms with Crippen LogP contribution in [0.4, 0.5) is 0 Å². The Kier molecular flexibility index (Phi) is 3.50. The van der Waals surface area contributed by atoms with E-state index in [1.807, 2.05) is 0 Å². The summed E-state index contributed by atoms with van der Waals surface area (Å²) in [5.41, 5.74) is -0.351. The van der Waals surface area contributed by atoms with E-state index in [1.54, 1.807) is 0 Å². The Balaban J connectivity index is 1.97. The fourth-order valence-corrected chi connectivity index (χ4v) is 3.06. The lowest BCUT2D eigenvalue weighted by molar-refractivity contribution is -0.151. The van der Waals surface area contributed by atoms with Crippen molar-refractivity contribution < 1.29 is 14.6 Å². The molecule has 0 bridgehead atoms. The zero-order valence-electron chi connectivity index (χ0n) is 9.95. The smallest absolute Gasteiger partial charge is 0.309 e. The predicted molar refractivity (Wildman–Crippen MR) is 60.4 cm³/mol. The summed E-state index contributed by atoms with van der Waals surface area (Å²) in [6.45, 7) is 5.88. The molecule has 0 aromatic heterocycles. The van der Waals surface area contributed by atoms with E-state index in [9.17, 15) is 9.90 Å². The third kappa shape index (κ3) is 2.09. The quantitative estimate of drug-likeness (QED) is 0.790. The Hall–Kier alpha value is -0.610. The largest absolute Gasteiger partial charge is 0.481 e. The molecule has 4 heteroatoms. The molecule has 0 aliphatic carbocycles. The monoisotopic (exact) mass is 227 g/mol. The Labute approximate surface area is 96.6 Å². The van der Waals surface area contributed by atoms with Crippen LogP contribution in [0.5, 0.6) is 0 Å². The van der Waals surface area contributed by atoms with Crippen molar-refractivity contribution in [2.24, 2.45) is 5.92 Å². The van der Waals surface area contributed by atoms with E-state index >= 15 is 0 Å². The van der Waals surface area contributed by atoms with E-state index in [2.05, 4.69) is 11.8 Å². The average Bonchev–Trinajstić information content (AvgIpc) is 2.66. The number of nitrogens with zero attached hydrogens (tertiary/aromatic N) is 1.